The Morgan fingerprint density at radius 1 is 0.958 bits per heavy atom. The highest BCUT2D eigenvalue weighted by atomic mass is 32.2. The summed E-state index contributed by atoms with van der Waals surface area (Å²) in [5.41, 5.74) is 3.14. The Labute approximate surface area is 145 Å². The molecule has 0 bridgehead atoms. The van der Waals surface area contributed by atoms with Crippen LogP contribution in [-0.2, 0) is 22.0 Å². The van der Waals surface area contributed by atoms with Crippen LogP contribution in [0.2, 0.25) is 0 Å². The zero-order valence-corrected chi connectivity index (χ0v) is 15.7. The standard InChI is InChI=1S/C19H25NO3S/c1-19(2,3)16-8-6-15(7-9-16)14-23-18-12-10-17(11-13-18)20(4)24(5,21)22/h6-13H,14H2,1-5H3. The van der Waals surface area contributed by atoms with Crippen LogP contribution in [0.3, 0.4) is 0 Å². The van der Waals surface area contributed by atoms with Gasteiger partial charge in [-0.2, -0.15) is 0 Å². The molecule has 2 aromatic carbocycles. The molecule has 24 heavy (non-hydrogen) atoms. The first-order valence-corrected chi connectivity index (χ1v) is 9.68. The maximum atomic E-state index is 11.5. The van der Waals surface area contributed by atoms with Gasteiger partial charge in [0, 0.05) is 7.05 Å². The second kappa shape index (κ2) is 6.85. The predicted octanol–water partition coefficient (Wildman–Crippen LogP) is 3.96. The number of ether oxygens (including phenoxy) is 1. The van der Waals surface area contributed by atoms with Gasteiger partial charge >= 0.3 is 0 Å². The van der Waals surface area contributed by atoms with E-state index in [0.29, 0.717) is 18.0 Å². The van der Waals surface area contributed by atoms with Gasteiger partial charge in [-0.1, -0.05) is 45.0 Å². The van der Waals surface area contributed by atoms with Crippen molar-refractivity contribution >= 4 is 15.7 Å². The fourth-order valence-corrected chi connectivity index (χ4v) is 2.72. The van der Waals surface area contributed by atoms with Gasteiger partial charge < -0.3 is 4.74 Å². The molecule has 0 spiro atoms. The van der Waals surface area contributed by atoms with Crippen LogP contribution in [0.15, 0.2) is 48.5 Å². The van der Waals surface area contributed by atoms with Crippen LogP contribution < -0.4 is 9.04 Å². The third-order valence-electron chi connectivity index (χ3n) is 3.92. The molecule has 4 nitrogen and oxygen atoms in total. The minimum absolute atomic E-state index is 0.140. The molecule has 130 valence electrons. The van der Waals surface area contributed by atoms with E-state index in [2.05, 4.69) is 45.0 Å². The Hall–Kier alpha value is -2.01. The van der Waals surface area contributed by atoms with Crippen LogP contribution in [0.4, 0.5) is 5.69 Å². The van der Waals surface area contributed by atoms with Gasteiger partial charge in [-0.05, 0) is 40.8 Å². The zero-order valence-electron chi connectivity index (χ0n) is 14.9. The molecule has 0 aliphatic carbocycles. The second-order valence-electron chi connectivity index (χ2n) is 6.96. The molecule has 0 radical (unpaired) electrons. The van der Waals surface area contributed by atoms with Gasteiger partial charge in [0.05, 0.1) is 11.9 Å². The average Bonchev–Trinajstić information content (AvgIpc) is 2.51. The molecular weight excluding hydrogens is 322 g/mol. The lowest BCUT2D eigenvalue weighted by atomic mass is 9.87. The summed E-state index contributed by atoms with van der Waals surface area (Å²) in [6.07, 6.45) is 1.18. The van der Waals surface area contributed by atoms with E-state index >= 15 is 0 Å². The molecule has 0 heterocycles. The highest BCUT2D eigenvalue weighted by molar-refractivity contribution is 7.92. The quantitative estimate of drug-likeness (QED) is 0.822. The van der Waals surface area contributed by atoms with Crippen LogP contribution in [0.5, 0.6) is 5.75 Å². The van der Waals surface area contributed by atoms with Crippen molar-refractivity contribution in [3.8, 4) is 5.75 Å². The van der Waals surface area contributed by atoms with Gasteiger partial charge in [-0.25, -0.2) is 8.42 Å². The van der Waals surface area contributed by atoms with Crippen molar-refractivity contribution in [1.82, 2.24) is 0 Å². The summed E-state index contributed by atoms with van der Waals surface area (Å²) in [5, 5.41) is 0. The summed E-state index contributed by atoms with van der Waals surface area (Å²) in [6.45, 7) is 7.04. The molecule has 0 N–H and O–H groups in total. The SMILES string of the molecule is CN(c1ccc(OCc2ccc(C(C)(C)C)cc2)cc1)S(C)(=O)=O. The number of hydrogen-bond acceptors (Lipinski definition) is 3. The number of anilines is 1. The summed E-state index contributed by atoms with van der Waals surface area (Å²) < 4.78 is 30.0. The van der Waals surface area contributed by atoms with Crippen LogP contribution in [0.25, 0.3) is 0 Å². The monoisotopic (exact) mass is 347 g/mol. The number of rotatable bonds is 5. The molecule has 2 rings (SSSR count). The predicted molar refractivity (Wildman–Crippen MR) is 99.2 cm³/mol. The number of benzene rings is 2. The molecule has 0 saturated heterocycles. The average molecular weight is 347 g/mol. The van der Waals surface area contributed by atoms with Gasteiger partial charge in [-0.15, -0.1) is 0 Å². The minimum Gasteiger partial charge on any atom is -0.489 e. The first-order valence-electron chi connectivity index (χ1n) is 7.83. The van der Waals surface area contributed by atoms with Gasteiger partial charge in [0.2, 0.25) is 10.0 Å². The Balaban J connectivity index is 2.00. The third-order valence-corrected chi connectivity index (χ3v) is 5.13. The summed E-state index contributed by atoms with van der Waals surface area (Å²) in [7, 11) is -1.72. The Kier molecular flexibility index (Phi) is 5.23. The first kappa shape index (κ1) is 18.3. The topological polar surface area (TPSA) is 46.6 Å². The van der Waals surface area contributed by atoms with E-state index in [9.17, 15) is 8.42 Å². The number of sulfonamides is 1. The van der Waals surface area contributed by atoms with Crippen molar-refractivity contribution in [2.75, 3.05) is 17.6 Å². The van der Waals surface area contributed by atoms with Crippen molar-refractivity contribution in [2.45, 2.75) is 32.8 Å². The minimum atomic E-state index is -3.25. The maximum Gasteiger partial charge on any atom is 0.231 e. The number of hydrogen-bond donors (Lipinski definition) is 0. The van der Waals surface area contributed by atoms with E-state index in [1.165, 1.54) is 23.2 Å². The van der Waals surface area contributed by atoms with Crippen molar-refractivity contribution in [1.29, 1.82) is 0 Å². The molecule has 0 unspecified atom stereocenters. The highest BCUT2D eigenvalue weighted by Gasteiger charge is 2.13. The summed E-state index contributed by atoms with van der Waals surface area (Å²) in [6, 6.07) is 15.4. The second-order valence-corrected chi connectivity index (χ2v) is 8.97. The molecule has 0 amide bonds. The normalized spacial score (nSPS) is 12.0. The molecule has 5 heteroatoms. The Morgan fingerprint density at radius 2 is 1.50 bits per heavy atom. The summed E-state index contributed by atoms with van der Waals surface area (Å²) in [5.74, 6) is 0.709. The van der Waals surface area contributed by atoms with Crippen LogP contribution in [-0.4, -0.2) is 21.7 Å². The van der Waals surface area contributed by atoms with E-state index in [4.69, 9.17) is 4.74 Å². The van der Waals surface area contributed by atoms with E-state index < -0.39 is 10.0 Å². The lowest BCUT2D eigenvalue weighted by Crippen LogP contribution is -2.24. The van der Waals surface area contributed by atoms with E-state index in [-0.39, 0.29) is 5.41 Å². The molecular formula is C19H25NO3S. The molecule has 0 aliphatic rings. The van der Waals surface area contributed by atoms with Crippen molar-refractivity contribution in [3.05, 3.63) is 59.7 Å². The van der Waals surface area contributed by atoms with Crippen LogP contribution in [0.1, 0.15) is 31.9 Å². The third kappa shape index (κ3) is 4.74. The van der Waals surface area contributed by atoms with Gasteiger partial charge in [0.25, 0.3) is 0 Å². The maximum absolute atomic E-state index is 11.5. The summed E-state index contributed by atoms with van der Waals surface area (Å²) in [4.78, 5) is 0. The van der Waals surface area contributed by atoms with E-state index in [1.54, 1.807) is 24.3 Å². The Morgan fingerprint density at radius 3 is 1.96 bits per heavy atom. The van der Waals surface area contributed by atoms with Gasteiger partial charge in [0.1, 0.15) is 12.4 Å². The summed E-state index contributed by atoms with van der Waals surface area (Å²) >= 11 is 0. The largest absolute Gasteiger partial charge is 0.489 e. The lowest BCUT2D eigenvalue weighted by molar-refractivity contribution is 0.306. The van der Waals surface area contributed by atoms with Crippen LogP contribution >= 0.6 is 0 Å². The van der Waals surface area contributed by atoms with Crippen LogP contribution in [0, 0.1) is 0 Å². The molecule has 0 saturated carbocycles. The fourth-order valence-electron chi connectivity index (χ4n) is 2.21. The van der Waals surface area contributed by atoms with Crippen molar-refractivity contribution in [3.63, 3.8) is 0 Å². The van der Waals surface area contributed by atoms with Crippen molar-refractivity contribution < 1.29 is 13.2 Å². The molecule has 0 atom stereocenters. The molecule has 0 aromatic heterocycles. The van der Waals surface area contributed by atoms with Gasteiger partial charge in [0.15, 0.2) is 0 Å². The molecule has 0 aliphatic heterocycles. The number of nitrogens with zero attached hydrogens (tertiary/aromatic N) is 1. The first-order chi connectivity index (χ1) is 11.1. The van der Waals surface area contributed by atoms with E-state index in [0.717, 1.165) is 5.56 Å². The lowest BCUT2D eigenvalue weighted by Gasteiger charge is -2.19. The highest BCUT2D eigenvalue weighted by Crippen LogP contribution is 2.23. The fraction of sp³-hybridized carbons (Fsp3) is 0.368. The zero-order chi connectivity index (χ0) is 18.0. The van der Waals surface area contributed by atoms with Crippen molar-refractivity contribution in [2.24, 2.45) is 0 Å². The smallest absolute Gasteiger partial charge is 0.231 e. The molecule has 0 fully saturated rings. The Bertz CT molecular complexity index is 773. The van der Waals surface area contributed by atoms with Gasteiger partial charge in [-0.3, -0.25) is 4.31 Å². The van der Waals surface area contributed by atoms with E-state index in [1.807, 2.05) is 0 Å². The molecule has 2 aromatic rings.